The summed E-state index contributed by atoms with van der Waals surface area (Å²) in [5.41, 5.74) is 2.90. The molecule has 2 aromatic carbocycles. The highest BCUT2D eigenvalue weighted by molar-refractivity contribution is 5.81. The molecule has 0 radical (unpaired) electrons. The number of benzene rings is 2. The average molecular weight is 325 g/mol. The van der Waals surface area contributed by atoms with E-state index in [9.17, 15) is 4.79 Å². The van der Waals surface area contributed by atoms with Crippen LogP contribution in [-0.4, -0.2) is 31.8 Å². The fourth-order valence-corrected chi connectivity index (χ4v) is 3.09. The van der Waals surface area contributed by atoms with E-state index >= 15 is 0 Å². The van der Waals surface area contributed by atoms with Crippen molar-refractivity contribution in [2.24, 2.45) is 0 Å². The summed E-state index contributed by atoms with van der Waals surface area (Å²) >= 11 is 0. The number of hydrogen-bond acceptors (Lipinski definition) is 4. The van der Waals surface area contributed by atoms with Crippen LogP contribution in [0.4, 0.5) is 0 Å². The Hall–Kier alpha value is -2.17. The lowest BCUT2D eigenvalue weighted by Crippen LogP contribution is -2.55. The van der Waals surface area contributed by atoms with Crippen molar-refractivity contribution in [2.45, 2.75) is 24.9 Å². The second-order valence-electron chi connectivity index (χ2n) is 6.10. The molecule has 1 saturated heterocycles. The summed E-state index contributed by atoms with van der Waals surface area (Å²) in [6.07, 6.45) is 1.28. The van der Waals surface area contributed by atoms with E-state index in [-0.39, 0.29) is 5.97 Å². The van der Waals surface area contributed by atoms with Crippen molar-refractivity contribution in [3.05, 3.63) is 60.2 Å². The predicted octanol–water partition coefficient (Wildman–Crippen LogP) is 3.17. The molecule has 2 aromatic rings. The molecule has 1 aliphatic heterocycles. The number of carbonyl (C=O) groups is 1. The Kier molecular flexibility index (Phi) is 5.28. The number of esters is 1. The standard InChI is InChI=1S/C20H23NO3/c1-23-19(22)20(11-13-24-14-12-20)21-15-16-7-9-18(10-8-16)17-5-3-2-4-6-17/h2-10,21H,11-15H2,1H3. The van der Waals surface area contributed by atoms with E-state index in [4.69, 9.17) is 9.47 Å². The first kappa shape index (κ1) is 16.7. The first-order valence-electron chi connectivity index (χ1n) is 8.29. The van der Waals surface area contributed by atoms with Crippen LogP contribution in [0.1, 0.15) is 18.4 Å². The third-order valence-corrected chi connectivity index (χ3v) is 4.61. The Balaban J connectivity index is 1.68. The molecule has 4 nitrogen and oxygen atoms in total. The zero-order chi connectivity index (χ0) is 16.8. The average Bonchev–Trinajstić information content (AvgIpc) is 2.67. The third kappa shape index (κ3) is 3.66. The fraction of sp³-hybridized carbons (Fsp3) is 0.350. The van der Waals surface area contributed by atoms with Crippen LogP contribution in [0.5, 0.6) is 0 Å². The summed E-state index contributed by atoms with van der Waals surface area (Å²) in [4.78, 5) is 12.2. The van der Waals surface area contributed by atoms with Crippen LogP contribution in [0, 0.1) is 0 Å². The first-order chi connectivity index (χ1) is 11.7. The van der Waals surface area contributed by atoms with Gasteiger partial charge in [0.05, 0.1) is 7.11 Å². The van der Waals surface area contributed by atoms with Gasteiger partial charge in [-0.2, -0.15) is 0 Å². The number of carbonyl (C=O) groups excluding carboxylic acids is 1. The van der Waals surface area contributed by atoms with Gasteiger partial charge in [0.15, 0.2) is 0 Å². The van der Waals surface area contributed by atoms with Crippen molar-refractivity contribution < 1.29 is 14.3 Å². The van der Waals surface area contributed by atoms with Crippen LogP contribution in [0.15, 0.2) is 54.6 Å². The van der Waals surface area contributed by atoms with Crippen molar-refractivity contribution in [3.63, 3.8) is 0 Å². The molecule has 126 valence electrons. The maximum atomic E-state index is 12.2. The van der Waals surface area contributed by atoms with E-state index < -0.39 is 5.54 Å². The molecule has 0 amide bonds. The van der Waals surface area contributed by atoms with Gasteiger partial charge in [-0.15, -0.1) is 0 Å². The highest BCUT2D eigenvalue weighted by Gasteiger charge is 2.40. The van der Waals surface area contributed by atoms with E-state index in [1.165, 1.54) is 18.2 Å². The van der Waals surface area contributed by atoms with Crippen molar-refractivity contribution >= 4 is 5.97 Å². The minimum Gasteiger partial charge on any atom is -0.468 e. The van der Waals surface area contributed by atoms with Gasteiger partial charge in [-0.25, -0.2) is 0 Å². The van der Waals surface area contributed by atoms with Crippen LogP contribution >= 0.6 is 0 Å². The van der Waals surface area contributed by atoms with Gasteiger partial charge in [-0.05, 0) is 29.5 Å². The highest BCUT2D eigenvalue weighted by Crippen LogP contribution is 2.24. The van der Waals surface area contributed by atoms with E-state index in [0.29, 0.717) is 32.6 Å². The zero-order valence-corrected chi connectivity index (χ0v) is 14.0. The molecule has 1 fully saturated rings. The van der Waals surface area contributed by atoms with Gasteiger partial charge in [-0.3, -0.25) is 10.1 Å². The molecule has 0 spiro atoms. The Morgan fingerprint density at radius 3 is 2.29 bits per heavy atom. The molecule has 0 atom stereocenters. The van der Waals surface area contributed by atoms with Crippen molar-refractivity contribution in [1.29, 1.82) is 0 Å². The van der Waals surface area contributed by atoms with Gasteiger partial charge in [0.1, 0.15) is 5.54 Å². The van der Waals surface area contributed by atoms with Crippen molar-refractivity contribution in [3.8, 4) is 11.1 Å². The summed E-state index contributed by atoms with van der Waals surface area (Å²) in [5, 5.41) is 3.41. The summed E-state index contributed by atoms with van der Waals surface area (Å²) in [7, 11) is 1.44. The van der Waals surface area contributed by atoms with E-state index in [2.05, 4.69) is 41.7 Å². The van der Waals surface area contributed by atoms with E-state index in [1.807, 2.05) is 18.2 Å². The predicted molar refractivity (Wildman–Crippen MR) is 93.5 cm³/mol. The van der Waals surface area contributed by atoms with Crippen LogP contribution < -0.4 is 5.32 Å². The SMILES string of the molecule is COC(=O)C1(NCc2ccc(-c3ccccc3)cc2)CCOCC1. The maximum Gasteiger partial charge on any atom is 0.326 e. The molecule has 0 bridgehead atoms. The Morgan fingerprint density at radius 2 is 1.67 bits per heavy atom. The molecule has 3 rings (SSSR count). The lowest BCUT2D eigenvalue weighted by Gasteiger charge is -2.35. The molecule has 0 aliphatic carbocycles. The van der Waals surface area contributed by atoms with Crippen LogP contribution in [-0.2, 0) is 20.8 Å². The summed E-state index contributed by atoms with van der Waals surface area (Å²) in [6, 6.07) is 18.7. The number of rotatable bonds is 5. The normalized spacial score (nSPS) is 16.5. The number of hydrogen-bond donors (Lipinski definition) is 1. The maximum absolute atomic E-state index is 12.2. The number of methoxy groups -OCH3 is 1. The van der Waals surface area contributed by atoms with Crippen LogP contribution in [0.25, 0.3) is 11.1 Å². The Morgan fingerprint density at radius 1 is 1.04 bits per heavy atom. The monoisotopic (exact) mass is 325 g/mol. The van der Waals surface area contributed by atoms with Crippen molar-refractivity contribution in [2.75, 3.05) is 20.3 Å². The number of ether oxygens (including phenoxy) is 2. The topological polar surface area (TPSA) is 47.6 Å². The van der Waals surface area contributed by atoms with Crippen LogP contribution in [0.3, 0.4) is 0 Å². The lowest BCUT2D eigenvalue weighted by molar-refractivity contribution is -0.153. The van der Waals surface area contributed by atoms with Gasteiger partial charge in [0.2, 0.25) is 0 Å². The zero-order valence-electron chi connectivity index (χ0n) is 14.0. The molecule has 1 heterocycles. The molecular weight excluding hydrogens is 302 g/mol. The first-order valence-corrected chi connectivity index (χ1v) is 8.29. The van der Waals surface area contributed by atoms with Gasteiger partial charge in [0, 0.05) is 19.8 Å². The minimum absolute atomic E-state index is 0.202. The smallest absolute Gasteiger partial charge is 0.326 e. The summed E-state index contributed by atoms with van der Waals surface area (Å²) in [6.45, 7) is 1.79. The second kappa shape index (κ2) is 7.60. The molecule has 24 heavy (non-hydrogen) atoms. The third-order valence-electron chi connectivity index (χ3n) is 4.61. The minimum atomic E-state index is -0.634. The second-order valence-corrected chi connectivity index (χ2v) is 6.10. The van der Waals surface area contributed by atoms with Crippen molar-refractivity contribution in [1.82, 2.24) is 5.32 Å². The van der Waals surface area contributed by atoms with Gasteiger partial charge in [0.25, 0.3) is 0 Å². The van der Waals surface area contributed by atoms with E-state index in [1.54, 1.807) is 0 Å². The quantitative estimate of drug-likeness (QED) is 0.858. The highest BCUT2D eigenvalue weighted by atomic mass is 16.5. The van der Waals surface area contributed by atoms with Gasteiger partial charge < -0.3 is 9.47 Å². The molecule has 0 unspecified atom stereocenters. The number of nitrogens with one attached hydrogen (secondary N) is 1. The molecule has 1 aliphatic rings. The summed E-state index contributed by atoms with van der Waals surface area (Å²) < 4.78 is 10.4. The van der Waals surface area contributed by atoms with Gasteiger partial charge in [-0.1, -0.05) is 54.6 Å². The largest absolute Gasteiger partial charge is 0.468 e. The van der Waals surface area contributed by atoms with Gasteiger partial charge >= 0.3 is 5.97 Å². The summed E-state index contributed by atoms with van der Waals surface area (Å²) in [5.74, 6) is -0.202. The molecule has 0 saturated carbocycles. The van der Waals surface area contributed by atoms with Crippen LogP contribution in [0.2, 0.25) is 0 Å². The molecule has 1 N–H and O–H groups in total. The fourth-order valence-electron chi connectivity index (χ4n) is 3.09. The Bertz CT molecular complexity index is 661. The molecular formula is C20H23NO3. The molecule has 4 heteroatoms. The molecule has 0 aromatic heterocycles. The van der Waals surface area contributed by atoms with E-state index in [0.717, 1.165) is 5.56 Å². The lowest BCUT2D eigenvalue weighted by atomic mass is 9.89. The Labute approximate surface area is 142 Å².